The number of alkyl halides is 3. The van der Waals surface area contributed by atoms with Crippen molar-refractivity contribution in [1.29, 1.82) is 0 Å². The van der Waals surface area contributed by atoms with Gasteiger partial charge in [-0.1, -0.05) is 16.8 Å². The Hall–Kier alpha value is -2.68. The molecular formula is C14H7ClF4N4O. The first-order valence-corrected chi connectivity index (χ1v) is 6.82. The Kier molecular flexibility index (Phi) is 3.88. The maximum atomic E-state index is 14.1. The van der Waals surface area contributed by atoms with Crippen molar-refractivity contribution in [3.63, 3.8) is 0 Å². The van der Waals surface area contributed by atoms with E-state index in [4.69, 9.17) is 11.6 Å². The smallest absolute Gasteiger partial charge is 0.327 e. The van der Waals surface area contributed by atoms with Crippen molar-refractivity contribution < 1.29 is 17.6 Å². The molecule has 24 heavy (non-hydrogen) atoms. The largest absolute Gasteiger partial charge is 0.436 e. The molecule has 1 N–H and O–H groups in total. The number of rotatable bonds is 2. The Morgan fingerprint density at radius 1 is 1.17 bits per heavy atom. The fourth-order valence-corrected chi connectivity index (χ4v) is 2.27. The zero-order valence-corrected chi connectivity index (χ0v) is 12.4. The fraction of sp³-hybridized carbons (Fsp3) is 0.0714. The molecule has 0 saturated heterocycles. The molecule has 0 bridgehead atoms. The molecule has 0 atom stereocenters. The number of aromatic nitrogens is 4. The number of nitrogens with one attached hydrogen (secondary N) is 1. The number of H-pyrrole nitrogens is 1. The summed E-state index contributed by atoms with van der Waals surface area (Å²) in [5, 5.41) is 6.68. The van der Waals surface area contributed by atoms with Gasteiger partial charge in [-0.05, 0) is 24.3 Å². The molecule has 0 radical (unpaired) electrons. The van der Waals surface area contributed by atoms with Crippen molar-refractivity contribution in [2.24, 2.45) is 0 Å². The van der Waals surface area contributed by atoms with Crippen LogP contribution in [0.1, 0.15) is 5.69 Å². The molecule has 10 heteroatoms. The molecule has 0 aliphatic rings. The van der Waals surface area contributed by atoms with Crippen molar-refractivity contribution in [2.45, 2.75) is 6.18 Å². The lowest BCUT2D eigenvalue weighted by Crippen LogP contribution is -2.11. The summed E-state index contributed by atoms with van der Waals surface area (Å²) in [6.45, 7) is 0. The summed E-state index contributed by atoms with van der Waals surface area (Å²) in [5.74, 6) is -1.09. The Bertz CT molecular complexity index is 964. The van der Waals surface area contributed by atoms with Crippen LogP contribution >= 0.6 is 11.6 Å². The topological polar surface area (TPSA) is 63.6 Å². The molecule has 0 unspecified atom stereocenters. The van der Waals surface area contributed by atoms with Crippen LogP contribution in [0.3, 0.4) is 0 Å². The Balaban J connectivity index is 2.22. The number of aromatic amines is 1. The molecule has 0 saturated carbocycles. The Morgan fingerprint density at radius 2 is 1.92 bits per heavy atom. The SMILES string of the molecule is O=c1[nH]ccc(-c2cc(Cl)ccc2-n2cc(C(F)(F)F)nn2)c1F. The van der Waals surface area contributed by atoms with E-state index in [9.17, 15) is 22.4 Å². The number of hydrogen-bond donors (Lipinski definition) is 1. The summed E-state index contributed by atoms with van der Waals surface area (Å²) in [6, 6.07) is 5.35. The van der Waals surface area contributed by atoms with E-state index in [1.807, 2.05) is 0 Å². The van der Waals surface area contributed by atoms with Crippen LogP contribution in [0.15, 0.2) is 41.5 Å². The van der Waals surface area contributed by atoms with E-state index in [2.05, 4.69) is 15.3 Å². The van der Waals surface area contributed by atoms with E-state index in [-0.39, 0.29) is 21.8 Å². The molecule has 3 rings (SSSR count). The van der Waals surface area contributed by atoms with Gasteiger partial charge < -0.3 is 4.98 Å². The third-order valence-electron chi connectivity index (χ3n) is 3.18. The van der Waals surface area contributed by atoms with Gasteiger partial charge in [0.1, 0.15) is 0 Å². The highest BCUT2D eigenvalue weighted by atomic mass is 35.5. The molecule has 0 amide bonds. The third kappa shape index (κ3) is 2.90. The predicted molar refractivity (Wildman–Crippen MR) is 77.4 cm³/mol. The van der Waals surface area contributed by atoms with Crippen LogP contribution in [-0.4, -0.2) is 20.0 Å². The highest BCUT2D eigenvalue weighted by molar-refractivity contribution is 6.31. The van der Waals surface area contributed by atoms with Crippen LogP contribution in [0.4, 0.5) is 17.6 Å². The van der Waals surface area contributed by atoms with Gasteiger partial charge in [-0.25, -0.2) is 9.07 Å². The predicted octanol–water partition coefficient (Wildman–Crippen LogP) is 3.43. The van der Waals surface area contributed by atoms with Crippen molar-refractivity contribution in [3.8, 4) is 16.8 Å². The van der Waals surface area contributed by atoms with Crippen LogP contribution in [0, 0.1) is 5.82 Å². The van der Waals surface area contributed by atoms with Crippen molar-refractivity contribution in [2.75, 3.05) is 0 Å². The van der Waals surface area contributed by atoms with E-state index in [0.29, 0.717) is 6.20 Å². The van der Waals surface area contributed by atoms with E-state index < -0.39 is 23.2 Å². The summed E-state index contributed by atoms with van der Waals surface area (Å²) >= 11 is 5.89. The molecule has 0 aliphatic carbocycles. The highest BCUT2D eigenvalue weighted by Gasteiger charge is 2.34. The first-order valence-electron chi connectivity index (χ1n) is 6.44. The summed E-state index contributed by atoms with van der Waals surface area (Å²) < 4.78 is 53.0. The van der Waals surface area contributed by atoms with Crippen molar-refractivity contribution in [1.82, 2.24) is 20.0 Å². The molecule has 0 fully saturated rings. The summed E-state index contributed by atoms with van der Waals surface area (Å²) in [5.41, 5.74) is -2.10. The zero-order chi connectivity index (χ0) is 17.5. The molecule has 2 aromatic heterocycles. The Morgan fingerprint density at radius 3 is 2.58 bits per heavy atom. The van der Waals surface area contributed by atoms with Crippen molar-refractivity contribution in [3.05, 3.63) is 63.5 Å². The van der Waals surface area contributed by atoms with Gasteiger partial charge in [0.15, 0.2) is 11.5 Å². The van der Waals surface area contributed by atoms with Gasteiger partial charge in [0.05, 0.1) is 11.9 Å². The van der Waals surface area contributed by atoms with E-state index in [0.717, 1.165) is 4.68 Å². The quantitative estimate of drug-likeness (QED) is 0.714. The number of pyridine rings is 1. The molecule has 0 aliphatic heterocycles. The average molecular weight is 359 g/mol. The molecule has 5 nitrogen and oxygen atoms in total. The molecule has 124 valence electrons. The molecular weight excluding hydrogens is 352 g/mol. The maximum Gasteiger partial charge on any atom is 0.436 e. The van der Waals surface area contributed by atoms with Gasteiger partial charge in [-0.15, -0.1) is 5.10 Å². The van der Waals surface area contributed by atoms with Crippen LogP contribution in [-0.2, 0) is 6.18 Å². The molecule has 2 heterocycles. The van der Waals surface area contributed by atoms with Crippen LogP contribution in [0.5, 0.6) is 0 Å². The normalized spacial score (nSPS) is 11.7. The zero-order valence-electron chi connectivity index (χ0n) is 11.6. The fourth-order valence-electron chi connectivity index (χ4n) is 2.10. The summed E-state index contributed by atoms with van der Waals surface area (Å²) in [4.78, 5) is 13.6. The Labute approximate surface area is 136 Å². The number of halogens is 5. The standard InChI is InChI=1S/C14H7ClF4N4O/c15-7-1-2-10(23-6-11(21-22-23)14(17,18)19)9(5-7)8-3-4-20-13(24)12(8)16/h1-6H,(H,20,24). The van der Waals surface area contributed by atoms with E-state index >= 15 is 0 Å². The lowest BCUT2D eigenvalue weighted by atomic mass is 10.0. The summed E-state index contributed by atoms with van der Waals surface area (Å²) in [7, 11) is 0. The highest BCUT2D eigenvalue weighted by Crippen LogP contribution is 2.32. The maximum absolute atomic E-state index is 14.1. The average Bonchev–Trinajstić information content (AvgIpc) is 3.00. The van der Waals surface area contributed by atoms with Crippen molar-refractivity contribution >= 4 is 11.6 Å². The van der Waals surface area contributed by atoms with Gasteiger partial charge in [-0.3, -0.25) is 4.79 Å². The first kappa shape index (κ1) is 16.2. The molecule has 1 aromatic carbocycles. The second-order valence-electron chi connectivity index (χ2n) is 4.74. The lowest BCUT2D eigenvalue weighted by molar-refractivity contribution is -0.141. The monoisotopic (exact) mass is 358 g/mol. The van der Waals surface area contributed by atoms with Gasteiger partial charge in [0, 0.05) is 22.3 Å². The molecule has 3 aromatic rings. The van der Waals surface area contributed by atoms with E-state index in [1.165, 1.54) is 30.5 Å². The number of hydrogen-bond acceptors (Lipinski definition) is 3. The van der Waals surface area contributed by atoms with Gasteiger partial charge in [-0.2, -0.15) is 13.2 Å². The second kappa shape index (κ2) is 5.75. The minimum Gasteiger partial charge on any atom is -0.327 e. The van der Waals surface area contributed by atoms with Gasteiger partial charge >= 0.3 is 6.18 Å². The number of nitrogens with zero attached hydrogens (tertiary/aromatic N) is 3. The minimum atomic E-state index is -4.67. The van der Waals surface area contributed by atoms with Gasteiger partial charge in [0.25, 0.3) is 5.56 Å². The van der Waals surface area contributed by atoms with Crippen LogP contribution in [0.25, 0.3) is 16.8 Å². The number of benzene rings is 1. The third-order valence-corrected chi connectivity index (χ3v) is 3.41. The first-order chi connectivity index (χ1) is 11.3. The second-order valence-corrected chi connectivity index (χ2v) is 5.18. The van der Waals surface area contributed by atoms with Crippen LogP contribution in [0.2, 0.25) is 5.02 Å². The minimum absolute atomic E-state index is 0.0897. The lowest BCUT2D eigenvalue weighted by Gasteiger charge is -2.10. The summed E-state index contributed by atoms with van der Waals surface area (Å²) in [6.07, 6.45) is -2.79. The van der Waals surface area contributed by atoms with Gasteiger partial charge in [0.2, 0.25) is 0 Å². The van der Waals surface area contributed by atoms with Crippen LogP contribution < -0.4 is 5.56 Å². The molecule has 0 spiro atoms. The van der Waals surface area contributed by atoms with E-state index in [1.54, 1.807) is 0 Å².